The third-order valence-electron chi connectivity index (χ3n) is 7.57. The van der Waals surface area contributed by atoms with E-state index in [2.05, 4.69) is 19.9 Å². The molecule has 0 spiro atoms. The number of alkyl halides is 2. The van der Waals surface area contributed by atoms with Crippen LogP contribution >= 0.6 is 14.9 Å². The van der Waals surface area contributed by atoms with E-state index in [1.807, 2.05) is 0 Å². The second-order valence-corrected chi connectivity index (χ2v) is 13.5. The highest BCUT2D eigenvalue weighted by atomic mass is 31.2. The molecule has 0 bridgehead atoms. The maximum atomic E-state index is 15.9. The predicted molar refractivity (Wildman–Crippen MR) is 147 cm³/mol. The SMILES string of the molecule is [B]P1(=O)OC[C@H]2O[C@@H](n3cnc4c(N)ncnc43)C(F)[C@H]2OP([B])(=O)OC[C@H]2O[C@@H](n3cc(F)c4c3N=CCC4=O)[C@@H](F)C2O1. The van der Waals surface area contributed by atoms with Crippen molar-refractivity contribution in [1.29, 1.82) is 0 Å². The lowest BCUT2D eigenvalue weighted by atomic mass is 10.1. The summed E-state index contributed by atoms with van der Waals surface area (Å²) in [5, 5.41) is 0. The summed E-state index contributed by atoms with van der Waals surface area (Å²) in [5.74, 6) is -1.76. The third-order valence-corrected chi connectivity index (χ3v) is 9.67. The number of aliphatic imine (C=N–C) groups is 1. The molecule has 10 atom stereocenters. The fourth-order valence-corrected chi connectivity index (χ4v) is 7.56. The van der Waals surface area contributed by atoms with Crippen LogP contribution in [0.3, 0.4) is 0 Å². The van der Waals surface area contributed by atoms with Crippen LogP contribution in [0, 0.1) is 5.82 Å². The fourth-order valence-electron chi connectivity index (χ4n) is 5.55. The number of fused-ring (bicyclic) bond motifs is 4. The highest BCUT2D eigenvalue weighted by molar-refractivity contribution is 7.79. The van der Waals surface area contributed by atoms with Crippen molar-refractivity contribution < 1.29 is 54.7 Å². The number of Topliss-reactive ketones (excluding diaryl/α,β-unsaturated/α-hetero) is 1. The average molecular weight is 667 g/mol. The molecule has 4 aliphatic heterocycles. The summed E-state index contributed by atoms with van der Waals surface area (Å²) < 4.78 is 108. The highest BCUT2D eigenvalue weighted by Gasteiger charge is 2.54. The summed E-state index contributed by atoms with van der Waals surface area (Å²) >= 11 is 0. The van der Waals surface area contributed by atoms with Crippen LogP contribution in [0.25, 0.3) is 11.2 Å². The topological polar surface area (TPSA) is 193 Å². The molecule has 23 heteroatoms. The molecule has 2 N–H and O–H groups in total. The van der Waals surface area contributed by atoms with Gasteiger partial charge in [-0.3, -0.25) is 23.1 Å². The lowest BCUT2D eigenvalue weighted by Gasteiger charge is -2.29. The number of nitrogens with two attached hydrogens (primary N) is 1. The van der Waals surface area contributed by atoms with Crippen molar-refractivity contribution in [2.75, 3.05) is 18.9 Å². The molecule has 3 aromatic heterocycles. The van der Waals surface area contributed by atoms with Crippen molar-refractivity contribution in [3.8, 4) is 0 Å². The lowest BCUT2D eigenvalue weighted by molar-refractivity contribution is -0.0550. The largest absolute Gasteiger partial charge is 0.382 e. The Morgan fingerprint density at radius 3 is 2.16 bits per heavy atom. The van der Waals surface area contributed by atoms with Gasteiger partial charge in [0.25, 0.3) is 14.9 Å². The van der Waals surface area contributed by atoms with Crippen LogP contribution in [-0.2, 0) is 36.7 Å². The number of halogens is 3. The average Bonchev–Trinajstić information content (AvgIpc) is 3.71. The normalized spacial score (nSPS) is 38.8. The van der Waals surface area contributed by atoms with E-state index < -0.39 is 89.0 Å². The van der Waals surface area contributed by atoms with Gasteiger partial charge in [-0.2, -0.15) is 0 Å². The molecule has 45 heavy (non-hydrogen) atoms. The number of imidazole rings is 1. The first kappa shape index (κ1) is 30.7. The molecular formula is C22H20B2F3N7O9P2. The number of rotatable bonds is 2. The van der Waals surface area contributed by atoms with Crippen LogP contribution in [0.5, 0.6) is 0 Å². The number of aromatic nitrogens is 5. The number of hydrogen-bond donors (Lipinski definition) is 1. The van der Waals surface area contributed by atoms with Crippen molar-refractivity contribution >= 4 is 64.9 Å². The molecule has 0 aromatic carbocycles. The Balaban J connectivity index is 1.16. The molecule has 234 valence electrons. The molecule has 3 saturated heterocycles. The monoisotopic (exact) mass is 667 g/mol. The second-order valence-electron chi connectivity index (χ2n) is 10.4. The molecule has 0 saturated carbocycles. The molecule has 3 aromatic rings. The first-order valence-electron chi connectivity index (χ1n) is 13.2. The Morgan fingerprint density at radius 1 is 0.933 bits per heavy atom. The van der Waals surface area contributed by atoms with Gasteiger partial charge in [-0.15, -0.1) is 0 Å². The zero-order chi connectivity index (χ0) is 31.8. The first-order chi connectivity index (χ1) is 21.3. The summed E-state index contributed by atoms with van der Waals surface area (Å²) in [6.45, 7) is -1.59. The maximum Gasteiger partial charge on any atom is 0.264 e. The summed E-state index contributed by atoms with van der Waals surface area (Å²) in [4.78, 5) is 28.1. The second kappa shape index (κ2) is 11.1. The number of anilines is 1. The standard InChI is InChI=1S/C22H20B2F3N7O9P2/c23-44(36)39-5-11-17(14(27)22(41-11)34-7-32-15-18(28)30-6-31-20(15)34)43-45(24,37)38-4-10-16(42-44)13(26)21(40-10)33-3-8(25)12-9(35)1-2-29-19(12)33/h2-3,6-7,10-11,13-14,16-17,21-22H,1,4-5H2,(H2,28,30,31)/t10-,11-,13+,14?,16?,17+,21-,22-,44?,45?/m1/s1. The van der Waals surface area contributed by atoms with E-state index in [1.165, 1.54) is 17.1 Å². The minimum Gasteiger partial charge on any atom is -0.382 e. The number of nitrogens with zero attached hydrogens (tertiary/aromatic N) is 6. The van der Waals surface area contributed by atoms with Crippen molar-refractivity contribution in [2.24, 2.45) is 4.99 Å². The van der Waals surface area contributed by atoms with E-state index in [-0.39, 0.29) is 34.8 Å². The number of carbonyl (C=O) groups excluding carboxylic acids is 1. The number of ketones is 1. The van der Waals surface area contributed by atoms with Gasteiger partial charge in [0.05, 0.1) is 25.1 Å². The molecule has 4 aliphatic rings. The maximum absolute atomic E-state index is 15.9. The Kier molecular flexibility index (Phi) is 7.60. The van der Waals surface area contributed by atoms with Gasteiger partial charge in [0.15, 0.2) is 47.9 Å². The summed E-state index contributed by atoms with van der Waals surface area (Å²) in [7, 11) is 2.23. The molecule has 0 amide bonds. The van der Waals surface area contributed by atoms with E-state index in [1.54, 1.807) is 0 Å². The predicted octanol–water partition coefficient (Wildman–Crippen LogP) is 2.18. The molecule has 7 rings (SSSR count). The Labute approximate surface area is 253 Å². The molecule has 4 unspecified atom stereocenters. The molecule has 3 fully saturated rings. The van der Waals surface area contributed by atoms with Crippen molar-refractivity contribution in [3.05, 3.63) is 30.2 Å². The first-order valence-corrected chi connectivity index (χ1v) is 16.5. The Bertz CT molecular complexity index is 1820. The van der Waals surface area contributed by atoms with Gasteiger partial charge < -0.3 is 33.3 Å². The van der Waals surface area contributed by atoms with Gasteiger partial charge >= 0.3 is 0 Å². The summed E-state index contributed by atoms with van der Waals surface area (Å²) in [6.07, 6.45) is -9.93. The Morgan fingerprint density at radius 2 is 1.53 bits per heavy atom. The smallest absolute Gasteiger partial charge is 0.264 e. The van der Waals surface area contributed by atoms with E-state index in [9.17, 15) is 18.3 Å². The van der Waals surface area contributed by atoms with Gasteiger partial charge in [0.2, 0.25) is 15.1 Å². The minimum atomic E-state index is -4.68. The highest BCUT2D eigenvalue weighted by Crippen LogP contribution is 2.54. The van der Waals surface area contributed by atoms with Crippen LogP contribution in [0.4, 0.5) is 24.8 Å². The van der Waals surface area contributed by atoms with Crippen LogP contribution in [0.1, 0.15) is 29.2 Å². The molecular weight excluding hydrogens is 647 g/mol. The molecule has 16 nitrogen and oxygen atoms in total. The van der Waals surface area contributed by atoms with Gasteiger partial charge in [0.1, 0.15) is 42.1 Å². The van der Waals surface area contributed by atoms with Crippen LogP contribution in [0.15, 0.2) is 23.8 Å². The zero-order valence-electron chi connectivity index (χ0n) is 22.7. The fraction of sp³-hybridized carbons (Fsp3) is 0.500. The van der Waals surface area contributed by atoms with Gasteiger partial charge in [0, 0.05) is 18.8 Å². The van der Waals surface area contributed by atoms with Gasteiger partial charge in [-0.1, -0.05) is 0 Å². The van der Waals surface area contributed by atoms with E-state index >= 15 is 8.78 Å². The van der Waals surface area contributed by atoms with Gasteiger partial charge in [-0.25, -0.2) is 33.1 Å². The molecule has 0 aliphatic carbocycles. The zero-order valence-corrected chi connectivity index (χ0v) is 24.5. The van der Waals surface area contributed by atoms with E-state index in [4.69, 9.17) is 48.4 Å². The van der Waals surface area contributed by atoms with E-state index in [0.29, 0.717) is 0 Å². The quantitative estimate of drug-likeness (QED) is 0.309. The van der Waals surface area contributed by atoms with Crippen molar-refractivity contribution in [3.63, 3.8) is 0 Å². The van der Waals surface area contributed by atoms with Crippen LogP contribution in [0.2, 0.25) is 0 Å². The summed E-state index contributed by atoms with van der Waals surface area (Å²) in [6, 6.07) is 0. The van der Waals surface area contributed by atoms with Gasteiger partial charge in [-0.05, 0) is 0 Å². The third kappa shape index (κ3) is 5.38. The van der Waals surface area contributed by atoms with Crippen LogP contribution < -0.4 is 5.73 Å². The van der Waals surface area contributed by atoms with Crippen molar-refractivity contribution in [1.82, 2.24) is 24.1 Å². The number of hydrogen-bond acceptors (Lipinski definition) is 14. The van der Waals surface area contributed by atoms with E-state index in [0.717, 1.165) is 17.1 Å². The lowest BCUT2D eigenvalue weighted by Crippen LogP contribution is -2.37. The Hall–Kier alpha value is -2.89. The minimum absolute atomic E-state index is 0.0171. The molecule has 7 heterocycles. The molecule has 4 radical (unpaired) electrons. The number of ether oxygens (including phenoxy) is 2. The number of carbonyl (C=O) groups is 1. The van der Waals surface area contributed by atoms with Crippen LogP contribution in [-0.4, -0.2) is 101 Å². The summed E-state index contributed by atoms with van der Waals surface area (Å²) in [5.41, 5.74) is 5.69. The van der Waals surface area contributed by atoms with Crippen molar-refractivity contribution in [2.45, 2.75) is 55.6 Å². The number of nitrogen functional groups attached to an aromatic ring is 1.